The van der Waals surface area contributed by atoms with Crippen molar-refractivity contribution < 1.29 is 14.3 Å². The summed E-state index contributed by atoms with van der Waals surface area (Å²) in [4.78, 5) is 13.6. The lowest BCUT2D eigenvalue weighted by Crippen LogP contribution is -2.39. The number of rotatable bonds is 5. The SMILES string of the molecule is COc1ccc(C(=O)c2c(C)n3c4c(cc(Cl)cc24)OCC3CC2CNCCCN2)cc1. The summed E-state index contributed by atoms with van der Waals surface area (Å²) in [6, 6.07) is 11.5. The van der Waals surface area contributed by atoms with Crippen molar-refractivity contribution in [2.75, 3.05) is 33.4 Å². The van der Waals surface area contributed by atoms with Crippen LogP contribution in [0, 0.1) is 6.92 Å². The average molecular weight is 454 g/mol. The molecular formula is C25H28ClN3O3. The van der Waals surface area contributed by atoms with Crippen LogP contribution in [0.3, 0.4) is 0 Å². The second-order valence-electron chi connectivity index (χ2n) is 8.60. The number of ether oxygens (including phenoxy) is 2. The standard InChI is InChI=1S/C25H28ClN3O3/c1-15-23(25(30)16-4-6-20(31-2)7-5-16)21-10-17(26)11-22-24(21)29(15)19(14-32-22)12-18-13-27-8-3-9-28-18/h4-7,10-11,18-19,27-28H,3,8-9,12-14H2,1-2H3. The first-order chi connectivity index (χ1) is 15.6. The van der Waals surface area contributed by atoms with Gasteiger partial charge in [-0.3, -0.25) is 4.79 Å². The molecule has 3 aromatic rings. The lowest BCUT2D eigenvalue weighted by Gasteiger charge is -2.30. The van der Waals surface area contributed by atoms with Gasteiger partial charge in [0.05, 0.1) is 24.2 Å². The molecule has 168 valence electrons. The Morgan fingerprint density at radius 1 is 1.25 bits per heavy atom. The lowest BCUT2D eigenvalue weighted by atomic mass is 10.0. The van der Waals surface area contributed by atoms with Crippen molar-refractivity contribution in [3.05, 3.63) is 58.2 Å². The Balaban J connectivity index is 1.59. The predicted octanol–water partition coefficient (Wildman–Crippen LogP) is 4.12. The molecule has 32 heavy (non-hydrogen) atoms. The molecule has 2 aromatic carbocycles. The van der Waals surface area contributed by atoms with E-state index < -0.39 is 0 Å². The monoisotopic (exact) mass is 453 g/mol. The maximum Gasteiger partial charge on any atom is 0.195 e. The number of halogens is 1. The van der Waals surface area contributed by atoms with E-state index >= 15 is 0 Å². The number of benzene rings is 2. The van der Waals surface area contributed by atoms with Crippen LogP contribution >= 0.6 is 11.6 Å². The highest BCUT2D eigenvalue weighted by Gasteiger charge is 2.32. The van der Waals surface area contributed by atoms with E-state index in [0.29, 0.717) is 28.8 Å². The van der Waals surface area contributed by atoms with Crippen molar-refractivity contribution >= 4 is 28.3 Å². The molecule has 3 heterocycles. The summed E-state index contributed by atoms with van der Waals surface area (Å²) in [5.41, 5.74) is 3.23. The number of hydrogen-bond donors (Lipinski definition) is 2. The molecule has 2 aliphatic rings. The summed E-state index contributed by atoms with van der Waals surface area (Å²) in [5.74, 6) is 1.45. The molecule has 0 bridgehead atoms. The zero-order valence-corrected chi connectivity index (χ0v) is 19.2. The van der Waals surface area contributed by atoms with Crippen molar-refractivity contribution in [1.29, 1.82) is 0 Å². The first kappa shape index (κ1) is 21.3. The number of nitrogens with one attached hydrogen (secondary N) is 2. The highest BCUT2D eigenvalue weighted by Crippen LogP contribution is 2.42. The van der Waals surface area contributed by atoms with Crippen LogP contribution in [-0.4, -0.2) is 49.7 Å². The summed E-state index contributed by atoms with van der Waals surface area (Å²) in [6.07, 6.45) is 2.06. The van der Waals surface area contributed by atoms with Crippen molar-refractivity contribution in [3.63, 3.8) is 0 Å². The number of nitrogens with zero attached hydrogens (tertiary/aromatic N) is 1. The maximum atomic E-state index is 13.6. The fraction of sp³-hybridized carbons (Fsp3) is 0.400. The number of hydrogen-bond acceptors (Lipinski definition) is 5. The molecule has 0 amide bonds. The summed E-state index contributed by atoms with van der Waals surface area (Å²) >= 11 is 6.43. The van der Waals surface area contributed by atoms with Gasteiger partial charge in [-0.15, -0.1) is 0 Å². The van der Waals surface area contributed by atoms with Crippen LogP contribution in [0.2, 0.25) is 5.02 Å². The highest BCUT2D eigenvalue weighted by atomic mass is 35.5. The molecule has 2 atom stereocenters. The number of carbonyl (C=O) groups is 1. The zero-order valence-electron chi connectivity index (χ0n) is 18.4. The quantitative estimate of drug-likeness (QED) is 0.569. The minimum Gasteiger partial charge on any atom is -0.497 e. The van der Waals surface area contributed by atoms with E-state index in [0.717, 1.165) is 60.6 Å². The molecule has 5 rings (SSSR count). The van der Waals surface area contributed by atoms with Gasteiger partial charge in [-0.2, -0.15) is 0 Å². The van der Waals surface area contributed by atoms with Gasteiger partial charge in [-0.25, -0.2) is 0 Å². The lowest BCUT2D eigenvalue weighted by molar-refractivity contribution is 0.103. The molecule has 0 aliphatic carbocycles. The smallest absolute Gasteiger partial charge is 0.195 e. The van der Waals surface area contributed by atoms with Crippen LogP contribution in [0.4, 0.5) is 0 Å². The normalized spacial score (nSPS) is 20.6. The first-order valence-corrected chi connectivity index (χ1v) is 11.5. The molecule has 0 saturated carbocycles. The second kappa shape index (κ2) is 8.77. The van der Waals surface area contributed by atoms with Crippen LogP contribution in [0.5, 0.6) is 11.5 Å². The number of methoxy groups -OCH3 is 1. The molecule has 0 spiro atoms. The largest absolute Gasteiger partial charge is 0.497 e. The van der Waals surface area contributed by atoms with Crippen LogP contribution in [0.25, 0.3) is 10.9 Å². The van der Waals surface area contributed by atoms with Crippen LogP contribution < -0.4 is 20.1 Å². The summed E-state index contributed by atoms with van der Waals surface area (Å²) in [7, 11) is 1.62. The van der Waals surface area contributed by atoms with Gasteiger partial charge in [0, 0.05) is 40.3 Å². The van der Waals surface area contributed by atoms with Crippen LogP contribution in [0.1, 0.15) is 40.5 Å². The fourth-order valence-electron chi connectivity index (χ4n) is 5.03. The number of carbonyl (C=O) groups excluding carboxylic acids is 1. The van der Waals surface area contributed by atoms with Gasteiger partial charge in [0.15, 0.2) is 5.78 Å². The molecular weight excluding hydrogens is 426 g/mol. The van der Waals surface area contributed by atoms with E-state index in [4.69, 9.17) is 21.1 Å². The van der Waals surface area contributed by atoms with Gasteiger partial charge in [0.25, 0.3) is 0 Å². The molecule has 1 fully saturated rings. The van der Waals surface area contributed by atoms with Gasteiger partial charge in [-0.1, -0.05) is 11.6 Å². The van der Waals surface area contributed by atoms with Crippen molar-refractivity contribution in [3.8, 4) is 11.5 Å². The topological polar surface area (TPSA) is 64.5 Å². The molecule has 7 heteroatoms. The number of ketones is 1. The van der Waals surface area contributed by atoms with Crippen LogP contribution in [-0.2, 0) is 0 Å². The third kappa shape index (κ3) is 3.76. The van der Waals surface area contributed by atoms with Gasteiger partial charge in [-0.05, 0) is 63.2 Å². The molecule has 1 saturated heterocycles. The minimum atomic E-state index is -0.0166. The van der Waals surface area contributed by atoms with E-state index in [-0.39, 0.29) is 11.8 Å². The van der Waals surface area contributed by atoms with E-state index in [1.54, 1.807) is 7.11 Å². The predicted molar refractivity (Wildman–Crippen MR) is 127 cm³/mol. The Hall–Kier alpha value is -2.54. The molecule has 2 N–H and O–H groups in total. The fourth-order valence-corrected chi connectivity index (χ4v) is 5.24. The van der Waals surface area contributed by atoms with Crippen molar-refractivity contribution in [1.82, 2.24) is 15.2 Å². The maximum absolute atomic E-state index is 13.6. The first-order valence-electron chi connectivity index (χ1n) is 11.2. The Morgan fingerprint density at radius 3 is 2.84 bits per heavy atom. The average Bonchev–Trinajstić information content (AvgIpc) is 2.95. The van der Waals surface area contributed by atoms with Gasteiger partial charge < -0.3 is 24.7 Å². The highest BCUT2D eigenvalue weighted by molar-refractivity contribution is 6.32. The Morgan fingerprint density at radius 2 is 2.06 bits per heavy atom. The minimum absolute atomic E-state index is 0.0166. The summed E-state index contributed by atoms with van der Waals surface area (Å²) in [5, 5.41) is 8.58. The number of aromatic nitrogens is 1. The van der Waals surface area contributed by atoms with Crippen molar-refractivity contribution in [2.24, 2.45) is 0 Å². The third-order valence-electron chi connectivity index (χ3n) is 6.56. The molecule has 6 nitrogen and oxygen atoms in total. The van der Waals surface area contributed by atoms with E-state index in [1.165, 1.54) is 0 Å². The summed E-state index contributed by atoms with van der Waals surface area (Å²) in [6.45, 7) is 5.58. The van der Waals surface area contributed by atoms with Gasteiger partial charge in [0.2, 0.25) is 0 Å². The Labute approximate surface area is 192 Å². The Kier molecular flexibility index (Phi) is 5.84. The van der Waals surface area contributed by atoms with E-state index in [9.17, 15) is 4.79 Å². The second-order valence-corrected chi connectivity index (χ2v) is 9.03. The van der Waals surface area contributed by atoms with E-state index in [1.807, 2.05) is 43.3 Å². The molecule has 2 unspecified atom stereocenters. The molecule has 0 radical (unpaired) electrons. The summed E-state index contributed by atoms with van der Waals surface area (Å²) < 4.78 is 13.7. The third-order valence-corrected chi connectivity index (χ3v) is 6.78. The van der Waals surface area contributed by atoms with E-state index in [2.05, 4.69) is 15.2 Å². The Bertz CT molecular complexity index is 1150. The molecule has 1 aromatic heterocycles. The molecule has 2 aliphatic heterocycles. The van der Waals surface area contributed by atoms with Gasteiger partial charge in [0.1, 0.15) is 18.1 Å². The zero-order chi connectivity index (χ0) is 22.2. The van der Waals surface area contributed by atoms with Crippen LogP contribution in [0.15, 0.2) is 36.4 Å². The van der Waals surface area contributed by atoms with Gasteiger partial charge >= 0.3 is 0 Å². The van der Waals surface area contributed by atoms with Crippen molar-refractivity contribution in [2.45, 2.75) is 31.8 Å².